The van der Waals surface area contributed by atoms with Crippen LogP contribution in [0.25, 0.3) is 0 Å². The summed E-state index contributed by atoms with van der Waals surface area (Å²) in [7, 11) is 0. The van der Waals surface area contributed by atoms with Crippen LogP contribution in [0.3, 0.4) is 0 Å². The fourth-order valence-corrected chi connectivity index (χ4v) is 1.49. The highest BCUT2D eigenvalue weighted by Gasteiger charge is 2.34. The highest BCUT2D eigenvalue weighted by atomic mass is 19.4. The van der Waals surface area contributed by atoms with Gasteiger partial charge in [-0.2, -0.15) is 13.2 Å². The summed E-state index contributed by atoms with van der Waals surface area (Å²) >= 11 is 0. The van der Waals surface area contributed by atoms with Crippen molar-refractivity contribution in [1.82, 2.24) is 0 Å². The summed E-state index contributed by atoms with van der Waals surface area (Å²) in [5.74, 6) is -0.741. The number of hydrogen-bond acceptors (Lipinski definition) is 2. The van der Waals surface area contributed by atoms with Gasteiger partial charge < -0.3 is 10.4 Å². The van der Waals surface area contributed by atoms with Crippen molar-refractivity contribution in [3.63, 3.8) is 0 Å². The Kier molecular flexibility index (Phi) is 4.94. The Morgan fingerprint density at radius 1 is 1.26 bits per heavy atom. The number of aliphatic hydroxyl groups is 1. The molecule has 0 aliphatic carbocycles. The van der Waals surface area contributed by atoms with Gasteiger partial charge in [0.1, 0.15) is 6.10 Å². The highest BCUT2D eigenvalue weighted by molar-refractivity contribution is 5.93. The maximum Gasteiger partial charge on any atom is 0.392 e. The van der Waals surface area contributed by atoms with E-state index in [4.69, 9.17) is 5.11 Å². The normalized spacial score (nSPS) is 13.4. The molecule has 2 N–H and O–H groups in total. The lowest BCUT2D eigenvalue weighted by Crippen LogP contribution is -2.32. The van der Waals surface area contributed by atoms with Gasteiger partial charge in [-0.15, -0.1) is 0 Å². The molecule has 1 rings (SSSR count). The molecular formula is C13H16F3NO2. The molecule has 19 heavy (non-hydrogen) atoms. The van der Waals surface area contributed by atoms with Crippen LogP contribution in [0.4, 0.5) is 18.9 Å². The van der Waals surface area contributed by atoms with Crippen LogP contribution in [-0.4, -0.2) is 23.3 Å². The van der Waals surface area contributed by atoms with E-state index in [1.165, 1.54) is 0 Å². The van der Waals surface area contributed by atoms with Gasteiger partial charge in [0.2, 0.25) is 0 Å². The van der Waals surface area contributed by atoms with Crippen LogP contribution < -0.4 is 5.32 Å². The predicted molar refractivity (Wildman–Crippen MR) is 65.8 cm³/mol. The molecule has 1 unspecified atom stereocenters. The van der Waals surface area contributed by atoms with Gasteiger partial charge in [-0.05, 0) is 23.6 Å². The standard InChI is InChI=1S/C13H16F3NO2/c1-8(2)9-3-5-10(6-4-9)17-12(19)11(18)7-13(14,15)16/h3-6,8,11,18H,7H2,1-2H3,(H,17,19). The molecule has 0 heterocycles. The lowest BCUT2D eigenvalue weighted by atomic mass is 10.0. The zero-order valence-corrected chi connectivity index (χ0v) is 10.7. The second-order valence-electron chi connectivity index (χ2n) is 4.60. The number of anilines is 1. The third-order valence-corrected chi connectivity index (χ3v) is 2.57. The first-order chi connectivity index (χ1) is 8.69. The molecule has 0 saturated carbocycles. The Bertz CT molecular complexity index is 427. The van der Waals surface area contributed by atoms with E-state index in [-0.39, 0.29) is 0 Å². The molecule has 0 aliphatic heterocycles. The smallest absolute Gasteiger partial charge is 0.383 e. The second-order valence-corrected chi connectivity index (χ2v) is 4.60. The van der Waals surface area contributed by atoms with E-state index in [0.717, 1.165) is 5.56 Å². The van der Waals surface area contributed by atoms with Crippen molar-refractivity contribution < 1.29 is 23.1 Å². The minimum Gasteiger partial charge on any atom is -0.383 e. The largest absolute Gasteiger partial charge is 0.392 e. The number of alkyl halides is 3. The zero-order chi connectivity index (χ0) is 14.6. The zero-order valence-electron chi connectivity index (χ0n) is 10.7. The summed E-state index contributed by atoms with van der Waals surface area (Å²) < 4.78 is 36.0. The maximum absolute atomic E-state index is 12.0. The van der Waals surface area contributed by atoms with Crippen molar-refractivity contribution in [1.29, 1.82) is 0 Å². The van der Waals surface area contributed by atoms with Gasteiger partial charge in [0.05, 0.1) is 6.42 Å². The summed E-state index contributed by atoms with van der Waals surface area (Å²) in [5.41, 5.74) is 1.41. The fourth-order valence-electron chi connectivity index (χ4n) is 1.49. The molecule has 0 bridgehead atoms. The fraction of sp³-hybridized carbons (Fsp3) is 0.462. The molecule has 0 radical (unpaired) electrons. The van der Waals surface area contributed by atoms with Crippen molar-refractivity contribution in [3.8, 4) is 0 Å². The third kappa shape index (κ3) is 5.30. The Morgan fingerprint density at radius 3 is 2.21 bits per heavy atom. The molecule has 6 heteroatoms. The molecule has 106 valence electrons. The van der Waals surface area contributed by atoms with E-state index in [2.05, 4.69) is 5.32 Å². The van der Waals surface area contributed by atoms with Gasteiger partial charge >= 0.3 is 6.18 Å². The summed E-state index contributed by atoms with van der Waals surface area (Å²) in [5, 5.41) is 11.4. The van der Waals surface area contributed by atoms with Gasteiger partial charge in [0.15, 0.2) is 0 Å². The number of hydrogen-bond donors (Lipinski definition) is 2. The molecule has 1 atom stereocenters. The van der Waals surface area contributed by atoms with Crippen LogP contribution in [0.1, 0.15) is 31.7 Å². The predicted octanol–water partition coefficient (Wildman–Crippen LogP) is 3.06. The minimum atomic E-state index is -4.57. The molecule has 1 aromatic rings. The minimum absolute atomic E-state index is 0.320. The number of aliphatic hydroxyl groups excluding tert-OH is 1. The van der Waals surface area contributed by atoms with Crippen molar-refractivity contribution in [3.05, 3.63) is 29.8 Å². The van der Waals surface area contributed by atoms with Crippen LogP contribution >= 0.6 is 0 Å². The van der Waals surface area contributed by atoms with Crippen molar-refractivity contribution >= 4 is 11.6 Å². The van der Waals surface area contributed by atoms with Crippen molar-refractivity contribution in [2.24, 2.45) is 0 Å². The Balaban J connectivity index is 2.61. The Morgan fingerprint density at radius 2 is 1.79 bits per heavy atom. The molecule has 0 fully saturated rings. The van der Waals surface area contributed by atoms with Crippen LogP contribution in [-0.2, 0) is 4.79 Å². The van der Waals surface area contributed by atoms with E-state index in [1.807, 2.05) is 13.8 Å². The van der Waals surface area contributed by atoms with Gasteiger partial charge in [-0.25, -0.2) is 0 Å². The molecule has 1 aromatic carbocycles. The Labute approximate surface area is 109 Å². The van der Waals surface area contributed by atoms with E-state index in [9.17, 15) is 18.0 Å². The number of carbonyl (C=O) groups excluding carboxylic acids is 1. The van der Waals surface area contributed by atoms with Gasteiger partial charge in [0, 0.05) is 5.69 Å². The van der Waals surface area contributed by atoms with Crippen LogP contribution in [0.15, 0.2) is 24.3 Å². The van der Waals surface area contributed by atoms with Gasteiger partial charge in [-0.1, -0.05) is 26.0 Å². The molecule has 0 spiro atoms. The van der Waals surface area contributed by atoms with E-state index in [1.54, 1.807) is 24.3 Å². The van der Waals surface area contributed by atoms with Crippen LogP contribution in [0, 0.1) is 0 Å². The van der Waals surface area contributed by atoms with E-state index < -0.39 is 24.6 Å². The number of benzene rings is 1. The molecular weight excluding hydrogens is 259 g/mol. The first-order valence-corrected chi connectivity index (χ1v) is 5.84. The first-order valence-electron chi connectivity index (χ1n) is 5.84. The molecule has 0 aromatic heterocycles. The second kappa shape index (κ2) is 6.06. The number of amides is 1. The van der Waals surface area contributed by atoms with Crippen molar-refractivity contribution in [2.75, 3.05) is 5.32 Å². The highest BCUT2D eigenvalue weighted by Crippen LogP contribution is 2.22. The molecule has 0 saturated heterocycles. The number of nitrogens with one attached hydrogen (secondary N) is 1. The number of rotatable bonds is 4. The molecule has 1 amide bonds. The van der Waals surface area contributed by atoms with Crippen LogP contribution in [0.5, 0.6) is 0 Å². The topological polar surface area (TPSA) is 49.3 Å². The number of carbonyl (C=O) groups is 1. The number of halogens is 3. The molecule has 3 nitrogen and oxygen atoms in total. The Hall–Kier alpha value is -1.56. The quantitative estimate of drug-likeness (QED) is 0.887. The summed E-state index contributed by atoms with van der Waals surface area (Å²) in [6, 6.07) is 6.73. The van der Waals surface area contributed by atoms with Crippen molar-refractivity contribution in [2.45, 2.75) is 38.5 Å². The van der Waals surface area contributed by atoms with E-state index >= 15 is 0 Å². The first kappa shape index (κ1) is 15.5. The summed E-state index contributed by atoms with van der Waals surface area (Å²) in [6.07, 6.45) is -8.22. The third-order valence-electron chi connectivity index (χ3n) is 2.57. The van der Waals surface area contributed by atoms with Crippen LogP contribution in [0.2, 0.25) is 0 Å². The monoisotopic (exact) mass is 275 g/mol. The molecule has 0 aliphatic rings. The lowest BCUT2D eigenvalue weighted by molar-refractivity contribution is -0.160. The lowest BCUT2D eigenvalue weighted by Gasteiger charge is -2.14. The van der Waals surface area contributed by atoms with Gasteiger partial charge in [0.25, 0.3) is 5.91 Å². The SMILES string of the molecule is CC(C)c1ccc(NC(=O)C(O)CC(F)(F)F)cc1. The average Bonchev–Trinajstić information content (AvgIpc) is 2.27. The van der Waals surface area contributed by atoms with E-state index in [0.29, 0.717) is 11.6 Å². The average molecular weight is 275 g/mol. The van der Waals surface area contributed by atoms with Gasteiger partial charge in [-0.3, -0.25) is 4.79 Å². The maximum atomic E-state index is 12.0. The summed E-state index contributed by atoms with van der Waals surface area (Å²) in [4.78, 5) is 11.3. The summed E-state index contributed by atoms with van der Waals surface area (Å²) in [6.45, 7) is 4.00.